The molecule has 152 valence electrons. The fourth-order valence-corrected chi connectivity index (χ4v) is 4.52. The number of rotatable bonds is 4. The molecule has 2 aromatic carbocycles. The van der Waals surface area contributed by atoms with Crippen LogP contribution in [0.5, 0.6) is 5.75 Å². The van der Waals surface area contributed by atoms with E-state index >= 15 is 0 Å². The molecule has 6 heteroatoms. The van der Waals surface area contributed by atoms with E-state index in [1.54, 1.807) is 36.5 Å². The predicted molar refractivity (Wildman–Crippen MR) is 115 cm³/mol. The third-order valence-corrected chi connectivity index (χ3v) is 6.18. The van der Waals surface area contributed by atoms with Gasteiger partial charge in [-0.15, -0.1) is 0 Å². The van der Waals surface area contributed by atoms with Crippen molar-refractivity contribution in [1.82, 2.24) is 9.88 Å². The number of likely N-dealkylation sites (tertiary alicyclic amines) is 1. The van der Waals surface area contributed by atoms with Crippen LogP contribution in [0.2, 0.25) is 5.02 Å². The Morgan fingerprint density at radius 2 is 1.93 bits per heavy atom. The Balaban J connectivity index is 1.15. The molecule has 2 aliphatic rings. The van der Waals surface area contributed by atoms with Gasteiger partial charge in [0.1, 0.15) is 17.7 Å². The minimum absolute atomic E-state index is 0.0237. The molecule has 0 N–H and O–H groups in total. The van der Waals surface area contributed by atoms with Crippen LogP contribution < -0.4 is 4.74 Å². The first-order valence-corrected chi connectivity index (χ1v) is 10.3. The number of amides is 1. The largest absolute Gasteiger partial charge is 0.490 e. The Morgan fingerprint density at radius 1 is 1.17 bits per heavy atom. The molecule has 30 heavy (non-hydrogen) atoms. The number of hydrogen-bond acceptors (Lipinski definition) is 3. The number of pyridine rings is 1. The summed E-state index contributed by atoms with van der Waals surface area (Å²) >= 11 is 5.88. The van der Waals surface area contributed by atoms with Gasteiger partial charge in [-0.2, -0.15) is 0 Å². The van der Waals surface area contributed by atoms with E-state index in [0.29, 0.717) is 16.2 Å². The monoisotopic (exact) mass is 422 g/mol. The molecule has 2 fully saturated rings. The lowest BCUT2D eigenvalue weighted by Gasteiger charge is -2.58. The topological polar surface area (TPSA) is 42.4 Å². The highest BCUT2D eigenvalue weighted by Crippen LogP contribution is 2.50. The first-order valence-electron chi connectivity index (χ1n) is 9.93. The van der Waals surface area contributed by atoms with Gasteiger partial charge in [0.15, 0.2) is 0 Å². The maximum atomic E-state index is 13.6. The van der Waals surface area contributed by atoms with Gasteiger partial charge in [0, 0.05) is 41.2 Å². The molecule has 4 nitrogen and oxygen atoms in total. The molecule has 1 spiro atoms. The highest BCUT2D eigenvalue weighted by atomic mass is 35.5. The minimum atomic E-state index is -0.301. The van der Waals surface area contributed by atoms with E-state index in [1.807, 2.05) is 23.1 Å². The molecule has 3 aromatic rings. The predicted octanol–water partition coefficient (Wildman–Crippen LogP) is 5.11. The van der Waals surface area contributed by atoms with Crippen LogP contribution in [-0.2, 0) is 4.79 Å². The van der Waals surface area contributed by atoms with Gasteiger partial charge in [0.25, 0.3) is 0 Å². The van der Waals surface area contributed by atoms with Crippen LogP contribution in [0.1, 0.15) is 18.4 Å². The van der Waals surface area contributed by atoms with Gasteiger partial charge in [0.2, 0.25) is 5.91 Å². The van der Waals surface area contributed by atoms with E-state index in [4.69, 9.17) is 16.3 Å². The fraction of sp³-hybridized carbons (Fsp3) is 0.250. The van der Waals surface area contributed by atoms with Gasteiger partial charge in [0.05, 0.1) is 5.52 Å². The summed E-state index contributed by atoms with van der Waals surface area (Å²) in [6, 6.07) is 13.7. The Kier molecular flexibility index (Phi) is 4.70. The summed E-state index contributed by atoms with van der Waals surface area (Å²) in [4.78, 5) is 18.5. The molecule has 1 saturated heterocycles. The number of hydrogen-bond donors (Lipinski definition) is 0. The van der Waals surface area contributed by atoms with Crippen molar-refractivity contribution < 1.29 is 13.9 Å². The van der Waals surface area contributed by atoms with Crippen molar-refractivity contribution in [2.24, 2.45) is 5.41 Å². The first-order chi connectivity index (χ1) is 14.5. The molecule has 1 saturated carbocycles. The summed E-state index contributed by atoms with van der Waals surface area (Å²) in [6.07, 6.45) is 6.99. The van der Waals surface area contributed by atoms with E-state index in [0.717, 1.165) is 37.0 Å². The van der Waals surface area contributed by atoms with Crippen LogP contribution in [-0.4, -0.2) is 35.0 Å². The standard InChI is InChI=1S/C24H20ClFN2O2/c25-17-4-1-16(2-5-17)3-8-23(29)28-14-24(15-28)12-19(13-24)30-22-9-10-27-21-7-6-18(26)11-20(21)22/h1-11,19H,12-15H2/b8-3+. The van der Waals surface area contributed by atoms with Crippen molar-refractivity contribution in [3.05, 3.63) is 77.2 Å². The van der Waals surface area contributed by atoms with Crippen molar-refractivity contribution in [3.8, 4) is 5.75 Å². The zero-order chi connectivity index (χ0) is 20.7. The number of nitrogens with zero attached hydrogens (tertiary/aromatic N) is 2. The lowest BCUT2D eigenvalue weighted by atomic mass is 9.61. The minimum Gasteiger partial charge on any atom is -0.490 e. The molecule has 2 heterocycles. The smallest absolute Gasteiger partial charge is 0.246 e. The van der Waals surface area contributed by atoms with Gasteiger partial charge in [-0.3, -0.25) is 9.78 Å². The van der Waals surface area contributed by atoms with Gasteiger partial charge in [-0.05, 0) is 60.9 Å². The highest BCUT2D eigenvalue weighted by molar-refractivity contribution is 6.30. The van der Waals surface area contributed by atoms with Crippen molar-refractivity contribution in [3.63, 3.8) is 0 Å². The maximum absolute atomic E-state index is 13.6. The molecule has 1 aliphatic carbocycles. The quantitative estimate of drug-likeness (QED) is 0.548. The van der Waals surface area contributed by atoms with E-state index in [2.05, 4.69) is 4.98 Å². The van der Waals surface area contributed by atoms with Crippen molar-refractivity contribution >= 4 is 34.5 Å². The molecule has 1 amide bonds. The van der Waals surface area contributed by atoms with E-state index < -0.39 is 0 Å². The Hall–Kier alpha value is -2.92. The third-order valence-electron chi connectivity index (χ3n) is 5.93. The number of aromatic nitrogens is 1. The van der Waals surface area contributed by atoms with Gasteiger partial charge < -0.3 is 9.64 Å². The molecule has 0 bridgehead atoms. The Bertz CT molecular complexity index is 1130. The number of ether oxygens (including phenoxy) is 1. The van der Waals surface area contributed by atoms with Gasteiger partial charge in [-0.25, -0.2) is 4.39 Å². The van der Waals surface area contributed by atoms with Crippen LogP contribution in [0.15, 0.2) is 60.8 Å². The molecule has 0 unspecified atom stereocenters. The second-order valence-electron chi connectivity index (χ2n) is 8.20. The normalized spacial score (nSPS) is 17.9. The molecule has 5 rings (SSSR count). The van der Waals surface area contributed by atoms with Crippen molar-refractivity contribution in [2.45, 2.75) is 18.9 Å². The molecular weight excluding hydrogens is 403 g/mol. The third kappa shape index (κ3) is 3.65. The summed E-state index contributed by atoms with van der Waals surface area (Å²) in [6.45, 7) is 1.50. The summed E-state index contributed by atoms with van der Waals surface area (Å²) in [5.74, 6) is 0.387. The number of benzene rings is 2. The Labute approximate surface area is 178 Å². The lowest BCUT2D eigenvalue weighted by molar-refractivity contribution is -0.155. The summed E-state index contributed by atoms with van der Waals surface area (Å²) in [7, 11) is 0. The van der Waals surface area contributed by atoms with Crippen LogP contribution in [0.25, 0.3) is 17.0 Å². The molecule has 0 atom stereocenters. The van der Waals surface area contributed by atoms with Gasteiger partial charge in [-0.1, -0.05) is 23.7 Å². The number of halogens is 2. The van der Waals surface area contributed by atoms with Crippen molar-refractivity contribution in [1.29, 1.82) is 0 Å². The summed E-state index contributed by atoms with van der Waals surface area (Å²) < 4.78 is 19.7. The van der Waals surface area contributed by atoms with Crippen LogP contribution in [0, 0.1) is 11.2 Å². The highest BCUT2D eigenvalue weighted by Gasteiger charge is 2.54. The second-order valence-corrected chi connectivity index (χ2v) is 8.63. The molecule has 1 aliphatic heterocycles. The van der Waals surface area contributed by atoms with Gasteiger partial charge >= 0.3 is 0 Å². The molecule has 1 aromatic heterocycles. The molecular formula is C24H20ClFN2O2. The number of carbonyl (C=O) groups is 1. The zero-order valence-corrected chi connectivity index (χ0v) is 17.0. The SMILES string of the molecule is O=C(/C=C/c1ccc(Cl)cc1)N1CC2(CC(Oc3ccnc4ccc(F)cc34)C2)C1. The van der Waals surface area contributed by atoms with E-state index in [-0.39, 0.29) is 23.2 Å². The van der Waals surface area contributed by atoms with Crippen LogP contribution >= 0.6 is 11.6 Å². The Morgan fingerprint density at radius 3 is 2.70 bits per heavy atom. The summed E-state index contributed by atoms with van der Waals surface area (Å²) in [5, 5.41) is 1.37. The maximum Gasteiger partial charge on any atom is 0.246 e. The average molecular weight is 423 g/mol. The number of carbonyl (C=O) groups excluding carboxylic acids is 1. The molecule has 0 radical (unpaired) electrons. The fourth-order valence-electron chi connectivity index (χ4n) is 4.39. The van der Waals surface area contributed by atoms with Crippen LogP contribution in [0.3, 0.4) is 0 Å². The average Bonchev–Trinajstić information content (AvgIpc) is 2.68. The van der Waals surface area contributed by atoms with E-state index in [9.17, 15) is 9.18 Å². The number of fused-ring (bicyclic) bond motifs is 1. The van der Waals surface area contributed by atoms with Crippen LogP contribution in [0.4, 0.5) is 4.39 Å². The lowest BCUT2D eigenvalue weighted by Crippen LogP contribution is -2.65. The van der Waals surface area contributed by atoms with Crippen molar-refractivity contribution in [2.75, 3.05) is 13.1 Å². The van der Waals surface area contributed by atoms with E-state index in [1.165, 1.54) is 12.1 Å². The first kappa shape index (κ1) is 19.1. The summed E-state index contributed by atoms with van der Waals surface area (Å²) in [5.41, 5.74) is 1.82. The second kappa shape index (κ2) is 7.40. The zero-order valence-electron chi connectivity index (χ0n) is 16.2.